The summed E-state index contributed by atoms with van der Waals surface area (Å²) < 4.78 is 15.4. The van der Waals surface area contributed by atoms with Gasteiger partial charge in [-0.2, -0.15) is 5.10 Å². The van der Waals surface area contributed by atoms with E-state index in [1.54, 1.807) is 12.3 Å². The number of benzene rings is 3. The third-order valence-corrected chi connectivity index (χ3v) is 5.53. The summed E-state index contributed by atoms with van der Waals surface area (Å²) in [6.07, 6.45) is 4.51. The number of hydrogen-bond donors (Lipinski definition) is 2. The fraction of sp³-hybridized carbons (Fsp3) is 0.0714. The Morgan fingerprint density at radius 2 is 2.03 bits per heavy atom. The van der Waals surface area contributed by atoms with E-state index in [0.717, 1.165) is 38.6 Å². The third-order valence-electron chi connectivity index (χ3n) is 5.53. The maximum atomic E-state index is 13.6. The van der Waals surface area contributed by atoms with E-state index in [2.05, 4.69) is 44.1 Å². The van der Waals surface area contributed by atoms with Gasteiger partial charge < -0.3 is 10.6 Å². The molecule has 0 spiro atoms. The Bertz CT molecular complexity index is 1660. The molecule has 5 rings (SSSR count). The van der Waals surface area contributed by atoms with Crippen molar-refractivity contribution < 1.29 is 9.18 Å². The first-order chi connectivity index (χ1) is 17.6. The molecule has 0 aliphatic carbocycles. The average Bonchev–Trinajstić information content (AvgIpc) is 3.28. The molecular weight excluding hydrogens is 455 g/mol. The predicted molar refractivity (Wildman–Crippen MR) is 138 cm³/mol. The predicted octanol–water partition coefficient (Wildman–Crippen LogP) is 4.56. The zero-order chi connectivity index (χ0) is 24.9. The number of amides is 1. The van der Waals surface area contributed by atoms with Crippen molar-refractivity contribution in [2.24, 2.45) is 0 Å². The highest BCUT2D eigenvalue weighted by Gasteiger charge is 2.08. The molecule has 0 saturated heterocycles. The van der Waals surface area contributed by atoms with E-state index in [0.29, 0.717) is 12.4 Å². The molecular formula is C28H21FN6O. The van der Waals surface area contributed by atoms with Gasteiger partial charge in [0.05, 0.1) is 30.3 Å². The fourth-order valence-electron chi connectivity index (χ4n) is 3.82. The van der Waals surface area contributed by atoms with Crippen LogP contribution in [0, 0.1) is 17.7 Å². The SMILES string of the molecule is C=CC(=O)NCC#Cc1ccc2ncnc(Nc3ccc4c(cnn4Cc4cccc(F)c4)c3)c2c1. The van der Waals surface area contributed by atoms with Crippen molar-refractivity contribution >= 4 is 39.2 Å². The Kier molecular flexibility index (Phi) is 6.36. The summed E-state index contributed by atoms with van der Waals surface area (Å²) >= 11 is 0. The summed E-state index contributed by atoms with van der Waals surface area (Å²) in [4.78, 5) is 20.0. The minimum absolute atomic E-state index is 0.228. The second-order valence-corrected chi connectivity index (χ2v) is 8.01. The van der Waals surface area contributed by atoms with E-state index in [-0.39, 0.29) is 18.3 Å². The highest BCUT2D eigenvalue weighted by Crippen LogP contribution is 2.26. The highest BCUT2D eigenvalue weighted by atomic mass is 19.1. The summed E-state index contributed by atoms with van der Waals surface area (Å²) in [5.41, 5.74) is 4.19. The Balaban J connectivity index is 1.38. The van der Waals surface area contributed by atoms with Crippen LogP contribution < -0.4 is 10.6 Å². The summed E-state index contributed by atoms with van der Waals surface area (Å²) in [5, 5.41) is 12.2. The molecule has 0 fully saturated rings. The van der Waals surface area contributed by atoms with E-state index < -0.39 is 0 Å². The largest absolute Gasteiger partial charge is 0.342 e. The summed E-state index contributed by atoms with van der Waals surface area (Å²) in [6, 6.07) is 18.1. The second kappa shape index (κ2) is 10.1. The molecule has 8 heteroatoms. The lowest BCUT2D eigenvalue weighted by atomic mass is 10.1. The summed E-state index contributed by atoms with van der Waals surface area (Å²) in [7, 11) is 0. The number of anilines is 2. The Morgan fingerprint density at radius 3 is 2.89 bits per heavy atom. The molecule has 0 aliphatic heterocycles. The molecule has 1 amide bonds. The molecule has 3 aromatic carbocycles. The van der Waals surface area contributed by atoms with Crippen molar-refractivity contribution in [2.45, 2.75) is 6.54 Å². The number of rotatable bonds is 6. The number of carbonyl (C=O) groups is 1. The molecule has 0 radical (unpaired) electrons. The van der Waals surface area contributed by atoms with Crippen LogP contribution in [0.4, 0.5) is 15.9 Å². The van der Waals surface area contributed by atoms with Crippen molar-refractivity contribution in [3.63, 3.8) is 0 Å². The molecule has 7 nitrogen and oxygen atoms in total. The van der Waals surface area contributed by atoms with Gasteiger partial charge in [0.15, 0.2) is 0 Å². The van der Waals surface area contributed by atoms with Crippen LogP contribution in [0.3, 0.4) is 0 Å². The fourth-order valence-corrected chi connectivity index (χ4v) is 3.82. The van der Waals surface area contributed by atoms with Crippen LogP contribution in [0.25, 0.3) is 21.8 Å². The van der Waals surface area contributed by atoms with Crippen LogP contribution in [0.1, 0.15) is 11.1 Å². The van der Waals surface area contributed by atoms with Crippen LogP contribution in [0.2, 0.25) is 0 Å². The number of aromatic nitrogens is 4. The molecule has 36 heavy (non-hydrogen) atoms. The van der Waals surface area contributed by atoms with E-state index in [9.17, 15) is 9.18 Å². The smallest absolute Gasteiger partial charge is 0.244 e. The molecule has 2 aromatic heterocycles. The topological polar surface area (TPSA) is 84.7 Å². The lowest BCUT2D eigenvalue weighted by molar-refractivity contribution is -0.116. The van der Waals surface area contributed by atoms with E-state index in [1.807, 2.05) is 47.1 Å². The highest BCUT2D eigenvalue weighted by molar-refractivity contribution is 5.93. The van der Waals surface area contributed by atoms with Gasteiger partial charge >= 0.3 is 0 Å². The minimum atomic E-state index is -0.265. The van der Waals surface area contributed by atoms with Gasteiger partial charge in [-0.05, 0) is 60.2 Å². The quantitative estimate of drug-likeness (QED) is 0.277. The van der Waals surface area contributed by atoms with Crippen molar-refractivity contribution in [3.05, 3.63) is 103 Å². The van der Waals surface area contributed by atoms with Crippen molar-refractivity contribution in [3.8, 4) is 11.8 Å². The Hall–Kier alpha value is -5.03. The maximum Gasteiger partial charge on any atom is 0.244 e. The molecule has 2 heterocycles. The van der Waals surface area contributed by atoms with Gasteiger partial charge in [-0.25, -0.2) is 14.4 Å². The molecule has 0 atom stereocenters. The number of fused-ring (bicyclic) bond motifs is 2. The first kappa shape index (κ1) is 22.7. The van der Waals surface area contributed by atoms with Crippen LogP contribution in [-0.4, -0.2) is 32.2 Å². The molecule has 0 bridgehead atoms. The van der Waals surface area contributed by atoms with Crippen LogP contribution in [0.5, 0.6) is 0 Å². The Labute approximate surface area is 206 Å². The molecule has 0 saturated carbocycles. The van der Waals surface area contributed by atoms with E-state index >= 15 is 0 Å². The normalized spacial score (nSPS) is 10.6. The van der Waals surface area contributed by atoms with E-state index in [1.165, 1.54) is 24.5 Å². The summed E-state index contributed by atoms with van der Waals surface area (Å²) in [6.45, 7) is 4.12. The molecule has 176 valence electrons. The Morgan fingerprint density at radius 1 is 1.11 bits per heavy atom. The van der Waals surface area contributed by atoms with Gasteiger partial charge in [0.25, 0.3) is 0 Å². The van der Waals surface area contributed by atoms with Crippen LogP contribution in [0.15, 0.2) is 85.8 Å². The molecule has 0 unspecified atom stereocenters. The number of nitrogens with zero attached hydrogens (tertiary/aromatic N) is 4. The minimum Gasteiger partial charge on any atom is -0.342 e. The lowest BCUT2D eigenvalue weighted by Gasteiger charge is -2.09. The zero-order valence-corrected chi connectivity index (χ0v) is 19.2. The monoisotopic (exact) mass is 476 g/mol. The number of carbonyl (C=O) groups excluding carboxylic acids is 1. The molecule has 2 N–H and O–H groups in total. The number of halogens is 1. The van der Waals surface area contributed by atoms with Crippen LogP contribution >= 0.6 is 0 Å². The molecule has 0 aliphatic rings. The van der Waals surface area contributed by atoms with Gasteiger partial charge in [0.2, 0.25) is 5.91 Å². The lowest BCUT2D eigenvalue weighted by Crippen LogP contribution is -2.20. The molecule has 5 aromatic rings. The standard InChI is InChI=1S/C28H21FN6O/c1-2-27(36)30-12-4-6-19-8-10-25-24(14-19)28(32-18-31-25)34-23-9-11-26-21(15-23)16-33-35(26)17-20-5-3-7-22(29)13-20/h2-3,5,7-11,13-16,18H,1,12,17H2,(H,30,36)(H,31,32,34). The average molecular weight is 477 g/mol. The maximum absolute atomic E-state index is 13.6. The van der Waals surface area contributed by atoms with Gasteiger partial charge in [0.1, 0.15) is 18.0 Å². The number of nitrogens with one attached hydrogen (secondary N) is 2. The van der Waals surface area contributed by atoms with Gasteiger partial charge in [-0.3, -0.25) is 9.48 Å². The van der Waals surface area contributed by atoms with Gasteiger partial charge in [-0.15, -0.1) is 0 Å². The van der Waals surface area contributed by atoms with Crippen molar-refractivity contribution in [1.29, 1.82) is 0 Å². The first-order valence-corrected chi connectivity index (χ1v) is 11.2. The first-order valence-electron chi connectivity index (χ1n) is 11.2. The van der Waals surface area contributed by atoms with Crippen molar-refractivity contribution in [1.82, 2.24) is 25.1 Å². The van der Waals surface area contributed by atoms with Crippen LogP contribution in [-0.2, 0) is 11.3 Å². The third kappa shape index (κ3) is 5.05. The van der Waals surface area contributed by atoms with Crippen molar-refractivity contribution in [2.75, 3.05) is 11.9 Å². The number of hydrogen-bond acceptors (Lipinski definition) is 5. The second-order valence-electron chi connectivity index (χ2n) is 8.01. The van der Waals surface area contributed by atoms with Gasteiger partial charge in [0, 0.05) is 22.0 Å². The van der Waals surface area contributed by atoms with E-state index in [4.69, 9.17) is 0 Å². The zero-order valence-electron chi connectivity index (χ0n) is 19.2. The van der Waals surface area contributed by atoms with Gasteiger partial charge in [-0.1, -0.05) is 30.6 Å². The summed E-state index contributed by atoms with van der Waals surface area (Å²) in [5.74, 6) is 6.08.